The van der Waals surface area contributed by atoms with Gasteiger partial charge in [0, 0.05) is 9.79 Å². The largest absolute Gasteiger partial charge is 0.872 e. The quantitative estimate of drug-likeness (QED) is 0.579. The Morgan fingerprint density at radius 2 is 1.42 bits per heavy atom. The van der Waals surface area contributed by atoms with Crippen molar-refractivity contribution < 1.29 is 24.2 Å². The van der Waals surface area contributed by atoms with Crippen molar-refractivity contribution in [2.45, 2.75) is 9.79 Å². The summed E-state index contributed by atoms with van der Waals surface area (Å²) in [7, 11) is 2.62. The van der Waals surface area contributed by atoms with Crippen LogP contribution < -0.4 is 5.11 Å². The molecule has 0 bridgehead atoms. The summed E-state index contributed by atoms with van der Waals surface area (Å²) in [5.41, 5.74) is 0. The van der Waals surface area contributed by atoms with Crippen LogP contribution >= 0.6 is 23.5 Å². The number of esters is 2. The molecule has 0 atom stereocenters. The van der Waals surface area contributed by atoms with Crippen LogP contribution in [-0.4, -0.2) is 37.7 Å². The zero-order valence-electron chi connectivity index (χ0n) is 10.5. The van der Waals surface area contributed by atoms with Crippen molar-refractivity contribution in [1.29, 1.82) is 0 Å². The molecule has 0 aromatic heterocycles. The van der Waals surface area contributed by atoms with E-state index in [-0.39, 0.29) is 29.2 Å². The van der Waals surface area contributed by atoms with E-state index in [2.05, 4.69) is 9.47 Å². The number of rotatable bonds is 6. The molecule has 1 rings (SSSR count). The van der Waals surface area contributed by atoms with Gasteiger partial charge in [-0.2, -0.15) is 0 Å². The number of carbonyl (C=O) groups excluding carboxylic acids is 2. The van der Waals surface area contributed by atoms with Gasteiger partial charge in [0.2, 0.25) is 0 Å². The molecular formula is C12H13O5S2-. The van der Waals surface area contributed by atoms with Crippen molar-refractivity contribution in [3.05, 3.63) is 18.2 Å². The van der Waals surface area contributed by atoms with Gasteiger partial charge in [-0.1, -0.05) is 12.1 Å². The molecule has 19 heavy (non-hydrogen) atoms. The molecule has 0 saturated heterocycles. The van der Waals surface area contributed by atoms with Crippen LogP contribution in [0.3, 0.4) is 0 Å². The van der Waals surface area contributed by atoms with Crippen LogP contribution in [0, 0.1) is 0 Å². The molecule has 0 aliphatic rings. The fourth-order valence-corrected chi connectivity index (χ4v) is 2.81. The van der Waals surface area contributed by atoms with Gasteiger partial charge in [0.05, 0.1) is 25.7 Å². The van der Waals surface area contributed by atoms with Crippen LogP contribution in [0.2, 0.25) is 0 Å². The lowest BCUT2D eigenvalue weighted by Crippen LogP contribution is -2.04. The van der Waals surface area contributed by atoms with E-state index in [1.807, 2.05) is 0 Å². The summed E-state index contributed by atoms with van der Waals surface area (Å²) in [5, 5.41) is 11.5. The first-order valence-electron chi connectivity index (χ1n) is 5.26. The van der Waals surface area contributed by atoms with Crippen LogP contribution in [0.4, 0.5) is 0 Å². The Balaban J connectivity index is 2.65. The molecular weight excluding hydrogens is 288 g/mol. The Bertz CT molecular complexity index is 423. The molecule has 0 amide bonds. The van der Waals surface area contributed by atoms with Gasteiger partial charge in [0.15, 0.2) is 0 Å². The number of hydrogen-bond donors (Lipinski definition) is 0. The Kier molecular flexibility index (Phi) is 6.58. The first-order valence-corrected chi connectivity index (χ1v) is 7.23. The summed E-state index contributed by atoms with van der Waals surface area (Å²) in [4.78, 5) is 23.4. The standard InChI is InChI=1S/C12H14O5S2/c1-16-11(14)6-18-9-3-8(13)4-10(5-9)19-7-12(15)17-2/h3-5,13H,6-7H2,1-2H3/p-1. The lowest BCUT2D eigenvalue weighted by atomic mass is 10.3. The van der Waals surface area contributed by atoms with Crippen LogP contribution in [0.15, 0.2) is 28.0 Å². The molecule has 1 aromatic rings. The number of carbonyl (C=O) groups is 2. The monoisotopic (exact) mass is 301 g/mol. The summed E-state index contributed by atoms with van der Waals surface area (Å²) >= 11 is 2.43. The van der Waals surface area contributed by atoms with Gasteiger partial charge in [0.25, 0.3) is 0 Å². The maximum absolute atomic E-state index is 11.5. The summed E-state index contributed by atoms with van der Waals surface area (Å²) in [6, 6.07) is 4.63. The summed E-state index contributed by atoms with van der Waals surface area (Å²) in [6.07, 6.45) is 0. The van der Waals surface area contributed by atoms with Crippen LogP contribution in [0.25, 0.3) is 0 Å². The predicted molar refractivity (Wildman–Crippen MR) is 71.4 cm³/mol. The number of methoxy groups -OCH3 is 2. The lowest BCUT2D eigenvalue weighted by Gasteiger charge is -2.11. The van der Waals surface area contributed by atoms with Crippen LogP contribution in [0.1, 0.15) is 0 Å². The van der Waals surface area contributed by atoms with E-state index in [1.54, 1.807) is 6.07 Å². The van der Waals surface area contributed by atoms with Crippen molar-refractivity contribution in [3.63, 3.8) is 0 Å². The van der Waals surface area contributed by atoms with Crippen molar-refractivity contribution in [3.8, 4) is 5.75 Å². The number of benzene rings is 1. The molecule has 5 nitrogen and oxygen atoms in total. The Morgan fingerprint density at radius 3 is 1.79 bits per heavy atom. The lowest BCUT2D eigenvalue weighted by molar-refractivity contribution is -0.268. The second-order valence-corrected chi connectivity index (χ2v) is 5.47. The fraction of sp³-hybridized carbons (Fsp3) is 0.333. The van der Waals surface area contributed by atoms with E-state index < -0.39 is 0 Å². The molecule has 0 fully saturated rings. The Hall–Kier alpha value is -1.34. The molecule has 0 aliphatic carbocycles. The predicted octanol–water partition coefficient (Wildman–Crippen LogP) is 1.29. The fourth-order valence-electron chi connectivity index (χ4n) is 1.11. The number of ether oxygens (including phenoxy) is 2. The normalized spacial score (nSPS) is 10.0. The molecule has 0 saturated carbocycles. The summed E-state index contributed by atoms with van der Waals surface area (Å²) in [6.45, 7) is 0. The second kappa shape index (κ2) is 7.96. The summed E-state index contributed by atoms with van der Waals surface area (Å²) < 4.78 is 9.04. The Labute approximate surface area is 119 Å². The van der Waals surface area contributed by atoms with Gasteiger partial charge in [-0.3, -0.25) is 9.59 Å². The van der Waals surface area contributed by atoms with Crippen molar-refractivity contribution in [1.82, 2.24) is 0 Å². The first-order chi connectivity index (χ1) is 9.05. The van der Waals surface area contributed by atoms with E-state index in [9.17, 15) is 14.7 Å². The third kappa shape index (κ3) is 5.89. The highest BCUT2D eigenvalue weighted by molar-refractivity contribution is 8.00. The van der Waals surface area contributed by atoms with E-state index in [0.717, 1.165) is 0 Å². The highest BCUT2D eigenvalue weighted by atomic mass is 32.2. The SMILES string of the molecule is COC(=O)CSc1cc([O-])cc(SCC(=O)OC)c1. The zero-order valence-corrected chi connectivity index (χ0v) is 12.1. The van der Waals surface area contributed by atoms with E-state index >= 15 is 0 Å². The van der Waals surface area contributed by atoms with E-state index in [1.165, 1.54) is 49.9 Å². The number of hydrogen-bond acceptors (Lipinski definition) is 7. The van der Waals surface area contributed by atoms with Crippen molar-refractivity contribution >= 4 is 35.5 Å². The first kappa shape index (κ1) is 15.7. The van der Waals surface area contributed by atoms with E-state index in [0.29, 0.717) is 9.79 Å². The van der Waals surface area contributed by atoms with Crippen molar-refractivity contribution in [2.24, 2.45) is 0 Å². The van der Waals surface area contributed by atoms with Gasteiger partial charge in [0.1, 0.15) is 0 Å². The van der Waals surface area contributed by atoms with Crippen LogP contribution in [0.5, 0.6) is 5.75 Å². The minimum atomic E-state index is -0.356. The van der Waals surface area contributed by atoms with Gasteiger partial charge >= 0.3 is 11.9 Å². The highest BCUT2D eigenvalue weighted by Crippen LogP contribution is 2.29. The molecule has 0 radical (unpaired) electrons. The minimum absolute atomic E-state index is 0.140. The maximum Gasteiger partial charge on any atom is 0.315 e. The Morgan fingerprint density at radius 1 is 1.00 bits per heavy atom. The van der Waals surface area contributed by atoms with Gasteiger partial charge in [-0.15, -0.1) is 29.3 Å². The smallest absolute Gasteiger partial charge is 0.315 e. The molecule has 0 aliphatic heterocycles. The average Bonchev–Trinajstić information content (AvgIpc) is 2.41. The van der Waals surface area contributed by atoms with Gasteiger partial charge < -0.3 is 14.6 Å². The van der Waals surface area contributed by atoms with Crippen molar-refractivity contribution in [2.75, 3.05) is 25.7 Å². The molecule has 0 unspecified atom stereocenters. The molecule has 7 heteroatoms. The highest BCUT2D eigenvalue weighted by Gasteiger charge is 2.05. The molecule has 0 N–H and O–H groups in total. The number of thioether (sulfide) groups is 2. The second-order valence-electron chi connectivity index (χ2n) is 3.37. The average molecular weight is 301 g/mol. The maximum atomic E-state index is 11.5. The third-order valence-electron chi connectivity index (χ3n) is 2.02. The molecule has 1 aromatic carbocycles. The van der Waals surface area contributed by atoms with Gasteiger partial charge in [-0.25, -0.2) is 0 Å². The molecule has 0 spiro atoms. The minimum Gasteiger partial charge on any atom is -0.872 e. The molecule has 0 heterocycles. The topological polar surface area (TPSA) is 75.7 Å². The third-order valence-corrected chi connectivity index (χ3v) is 3.92. The zero-order chi connectivity index (χ0) is 14.3. The van der Waals surface area contributed by atoms with E-state index in [4.69, 9.17) is 0 Å². The summed E-state index contributed by atoms with van der Waals surface area (Å²) in [5.74, 6) is -0.598. The van der Waals surface area contributed by atoms with Gasteiger partial charge in [-0.05, 0) is 6.07 Å². The van der Waals surface area contributed by atoms with Crippen LogP contribution in [-0.2, 0) is 19.1 Å². The molecule has 104 valence electrons.